The minimum atomic E-state index is -0.0318. The maximum atomic E-state index is 11.2. The van der Waals surface area contributed by atoms with Crippen molar-refractivity contribution in [2.75, 3.05) is 13.3 Å². The second-order valence-corrected chi connectivity index (χ2v) is 3.58. The van der Waals surface area contributed by atoms with Gasteiger partial charge in [-0.25, -0.2) is 0 Å². The van der Waals surface area contributed by atoms with E-state index in [1.807, 2.05) is 24.3 Å². The number of nitrogens with one attached hydrogen (secondary N) is 1. The molecule has 1 aromatic carbocycles. The molecule has 3 heteroatoms. The van der Waals surface area contributed by atoms with E-state index < -0.39 is 0 Å². The second-order valence-electron chi connectivity index (χ2n) is 2.71. The van der Waals surface area contributed by atoms with E-state index in [1.165, 1.54) is 5.56 Å². The number of hydrogen-bond acceptors (Lipinski definition) is 2. The van der Waals surface area contributed by atoms with Crippen LogP contribution in [0.4, 0.5) is 0 Å². The van der Waals surface area contributed by atoms with Gasteiger partial charge in [-0.05, 0) is 24.0 Å². The molecule has 0 aliphatic heterocycles. The van der Waals surface area contributed by atoms with Crippen LogP contribution in [-0.4, -0.2) is 19.2 Å². The molecule has 0 saturated heterocycles. The number of carbonyl (C=O) groups excluding carboxylic acids is 1. The Morgan fingerprint density at radius 2 is 2.00 bits per heavy atom. The van der Waals surface area contributed by atoms with Crippen molar-refractivity contribution in [2.45, 2.75) is 5.75 Å². The van der Waals surface area contributed by atoms with Gasteiger partial charge in [-0.3, -0.25) is 4.79 Å². The van der Waals surface area contributed by atoms with Gasteiger partial charge in [-0.1, -0.05) is 12.1 Å². The highest BCUT2D eigenvalue weighted by Gasteiger charge is 2.01. The van der Waals surface area contributed by atoms with E-state index in [-0.39, 0.29) is 5.91 Å². The molecule has 0 bridgehead atoms. The number of carbonyl (C=O) groups is 1. The molecule has 0 spiro atoms. The lowest BCUT2D eigenvalue weighted by atomic mass is 10.1. The molecule has 0 fully saturated rings. The van der Waals surface area contributed by atoms with E-state index in [2.05, 4.69) is 11.6 Å². The van der Waals surface area contributed by atoms with Gasteiger partial charge in [0.1, 0.15) is 0 Å². The molecular weight excluding hydrogens is 182 g/mol. The summed E-state index contributed by atoms with van der Waals surface area (Å²) in [6.45, 7) is 0. The van der Waals surface area contributed by atoms with E-state index in [4.69, 9.17) is 0 Å². The Morgan fingerprint density at radius 3 is 2.46 bits per heavy atom. The third-order valence-corrected chi connectivity index (χ3v) is 2.38. The molecule has 0 atom stereocenters. The Bertz CT molecular complexity index is 281. The number of hydrogen-bond donors (Lipinski definition) is 1. The van der Waals surface area contributed by atoms with Gasteiger partial charge in [0.25, 0.3) is 5.91 Å². The summed E-state index contributed by atoms with van der Waals surface area (Å²) in [5.41, 5.74) is 1.97. The van der Waals surface area contributed by atoms with Gasteiger partial charge < -0.3 is 5.32 Å². The predicted octanol–water partition coefficient (Wildman–Crippen LogP) is 1.91. The number of amides is 1. The summed E-state index contributed by atoms with van der Waals surface area (Å²) in [6, 6.07) is 7.68. The zero-order chi connectivity index (χ0) is 9.68. The summed E-state index contributed by atoms with van der Waals surface area (Å²) >= 11 is 1.77. The van der Waals surface area contributed by atoms with Gasteiger partial charge >= 0.3 is 0 Å². The molecule has 70 valence electrons. The fourth-order valence-corrected chi connectivity index (χ4v) is 1.59. The number of rotatable bonds is 3. The molecule has 1 N–H and O–H groups in total. The summed E-state index contributed by atoms with van der Waals surface area (Å²) < 4.78 is 0. The van der Waals surface area contributed by atoms with Crippen molar-refractivity contribution in [3.05, 3.63) is 35.4 Å². The molecular formula is C10H13NOS. The Labute approximate surface area is 82.7 Å². The van der Waals surface area contributed by atoms with Crippen molar-refractivity contribution in [2.24, 2.45) is 0 Å². The first kappa shape index (κ1) is 10.1. The average Bonchev–Trinajstić information content (AvgIpc) is 2.18. The lowest BCUT2D eigenvalue weighted by molar-refractivity contribution is 0.0963. The van der Waals surface area contributed by atoms with Crippen LogP contribution in [0.1, 0.15) is 15.9 Å². The number of thioether (sulfide) groups is 1. The lowest BCUT2D eigenvalue weighted by Crippen LogP contribution is -2.17. The highest BCUT2D eigenvalue weighted by atomic mass is 32.2. The molecule has 0 radical (unpaired) electrons. The monoisotopic (exact) mass is 195 g/mol. The number of benzene rings is 1. The van der Waals surface area contributed by atoms with Crippen LogP contribution in [0, 0.1) is 0 Å². The van der Waals surface area contributed by atoms with Crippen LogP contribution in [0.3, 0.4) is 0 Å². The van der Waals surface area contributed by atoms with Crippen molar-refractivity contribution in [1.29, 1.82) is 0 Å². The Hall–Kier alpha value is -0.960. The quantitative estimate of drug-likeness (QED) is 0.798. The standard InChI is InChI=1S/C10H13NOS/c1-11-10(12)9-5-3-8(4-6-9)7-13-2/h3-6H,7H2,1-2H3,(H,11,12). The maximum absolute atomic E-state index is 11.2. The fraction of sp³-hybridized carbons (Fsp3) is 0.300. The molecule has 2 nitrogen and oxygen atoms in total. The highest BCUT2D eigenvalue weighted by Crippen LogP contribution is 2.10. The van der Waals surface area contributed by atoms with Gasteiger partial charge in [0.2, 0.25) is 0 Å². The first-order valence-electron chi connectivity index (χ1n) is 4.08. The van der Waals surface area contributed by atoms with E-state index in [0.717, 1.165) is 5.75 Å². The fourth-order valence-electron chi connectivity index (χ4n) is 1.06. The molecule has 0 aliphatic carbocycles. The van der Waals surface area contributed by atoms with E-state index in [0.29, 0.717) is 5.56 Å². The minimum Gasteiger partial charge on any atom is -0.355 e. The highest BCUT2D eigenvalue weighted by molar-refractivity contribution is 7.97. The summed E-state index contributed by atoms with van der Waals surface area (Å²) in [7, 11) is 1.64. The molecule has 13 heavy (non-hydrogen) atoms. The Morgan fingerprint density at radius 1 is 1.38 bits per heavy atom. The predicted molar refractivity (Wildman–Crippen MR) is 57.1 cm³/mol. The van der Waals surface area contributed by atoms with Crippen molar-refractivity contribution in [3.63, 3.8) is 0 Å². The van der Waals surface area contributed by atoms with Crippen LogP contribution in [0.2, 0.25) is 0 Å². The van der Waals surface area contributed by atoms with Crippen molar-refractivity contribution in [1.82, 2.24) is 5.32 Å². The molecule has 0 unspecified atom stereocenters. The van der Waals surface area contributed by atoms with Crippen molar-refractivity contribution < 1.29 is 4.79 Å². The van der Waals surface area contributed by atoms with E-state index in [9.17, 15) is 4.79 Å². The molecule has 0 aliphatic rings. The van der Waals surface area contributed by atoms with Crippen LogP contribution in [-0.2, 0) is 5.75 Å². The molecule has 0 heterocycles. The summed E-state index contributed by atoms with van der Waals surface area (Å²) in [5.74, 6) is 0.962. The third kappa shape index (κ3) is 2.77. The largest absolute Gasteiger partial charge is 0.355 e. The zero-order valence-electron chi connectivity index (χ0n) is 7.83. The molecule has 1 amide bonds. The van der Waals surface area contributed by atoms with Crippen LogP contribution < -0.4 is 5.32 Å². The third-order valence-electron chi connectivity index (χ3n) is 1.75. The van der Waals surface area contributed by atoms with Crippen LogP contribution in [0.25, 0.3) is 0 Å². The average molecular weight is 195 g/mol. The zero-order valence-corrected chi connectivity index (χ0v) is 8.65. The Kier molecular flexibility index (Phi) is 3.83. The second kappa shape index (κ2) is 4.92. The van der Waals surface area contributed by atoms with E-state index >= 15 is 0 Å². The molecule has 0 saturated carbocycles. The smallest absolute Gasteiger partial charge is 0.251 e. The van der Waals surface area contributed by atoms with Gasteiger partial charge in [0.05, 0.1) is 0 Å². The van der Waals surface area contributed by atoms with Crippen molar-refractivity contribution in [3.8, 4) is 0 Å². The van der Waals surface area contributed by atoms with Gasteiger partial charge in [-0.15, -0.1) is 0 Å². The topological polar surface area (TPSA) is 29.1 Å². The lowest BCUT2D eigenvalue weighted by Gasteiger charge is -2.01. The van der Waals surface area contributed by atoms with Crippen LogP contribution >= 0.6 is 11.8 Å². The molecule has 1 rings (SSSR count). The van der Waals surface area contributed by atoms with Crippen LogP contribution in [0.5, 0.6) is 0 Å². The first-order chi connectivity index (χ1) is 6.27. The van der Waals surface area contributed by atoms with Gasteiger partial charge in [-0.2, -0.15) is 11.8 Å². The van der Waals surface area contributed by atoms with Crippen molar-refractivity contribution >= 4 is 17.7 Å². The minimum absolute atomic E-state index is 0.0318. The molecule has 1 aromatic rings. The summed E-state index contributed by atoms with van der Waals surface area (Å²) in [4.78, 5) is 11.2. The first-order valence-corrected chi connectivity index (χ1v) is 5.47. The van der Waals surface area contributed by atoms with E-state index in [1.54, 1.807) is 18.8 Å². The van der Waals surface area contributed by atoms with Gasteiger partial charge in [0.15, 0.2) is 0 Å². The maximum Gasteiger partial charge on any atom is 0.251 e. The molecule has 0 aromatic heterocycles. The SMILES string of the molecule is CNC(=O)c1ccc(CSC)cc1. The van der Waals surface area contributed by atoms with Crippen LogP contribution in [0.15, 0.2) is 24.3 Å². The summed E-state index contributed by atoms with van der Waals surface area (Å²) in [6.07, 6.45) is 2.06. The normalized spacial score (nSPS) is 9.69. The van der Waals surface area contributed by atoms with Gasteiger partial charge in [0, 0.05) is 18.4 Å². The summed E-state index contributed by atoms with van der Waals surface area (Å²) in [5, 5.41) is 2.59. The Balaban J connectivity index is 2.75.